The summed E-state index contributed by atoms with van der Waals surface area (Å²) in [7, 11) is 0. The fourth-order valence-corrected chi connectivity index (χ4v) is 2.36. The number of halogens is 2. The van der Waals surface area contributed by atoms with Gasteiger partial charge in [-0.05, 0) is 19.3 Å². The van der Waals surface area contributed by atoms with Crippen LogP contribution in [0.4, 0.5) is 15.8 Å². The molecule has 7 heteroatoms. The van der Waals surface area contributed by atoms with E-state index in [1.54, 1.807) is 0 Å². The Morgan fingerprint density at radius 3 is 2.60 bits per heavy atom. The van der Waals surface area contributed by atoms with Gasteiger partial charge in [-0.1, -0.05) is 25.4 Å². The van der Waals surface area contributed by atoms with Crippen molar-refractivity contribution in [3.05, 3.63) is 33.1 Å². The average molecular weight is 304 g/mol. The predicted molar refractivity (Wildman–Crippen MR) is 78.6 cm³/mol. The van der Waals surface area contributed by atoms with Gasteiger partial charge >= 0.3 is 0 Å². The van der Waals surface area contributed by atoms with Gasteiger partial charge in [0.05, 0.1) is 9.95 Å². The number of rotatable bonds is 6. The van der Waals surface area contributed by atoms with Crippen molar-refractivity contribution >= 4 is 23.0 Å². The third-order valence-corrected chi connectivity index (χ3v) is 3.27. The minimum absolute atomic E-state index is 0.0884. The van der Waals surface area contributed by atoms with E-state index in [1.165, 1.54) is 0 Å². The molecule has 0 saturated carbocycles. The third kappa shape index (κ3) is 4.05. The molecule has 3 N–H and O–H groups in total. The summed E-state index contributed by atoms with van der Waals surface area (Å²) < 4.78 is 13.5. The second-order valence-corrected chi connectivity index (χ2v) is 5.94. The summed E-state index contributed by atoms with van der Waals surface area (Å²) in [6, 6.07) is 2.04. The second-order valence-electron chi connectivity index (χ2n) is 5.53. The Morgan fingerprint density at radius 2 is 2.15 bits per heavy atom. The van der Waals surface area contributed by atoms with Crippen LogP contribution in [0.15, 0.2) is 12.1 Å². The van der Waals surface area contributed by atoms with Crippen LogP contribution >= 0.6 is 11.6 Å². The number of hydrogen-bond donors (Lipinski definition) is 2. The number of nitro groups is 1. The molecule has 0 aliphatic rings. The van der Waals surface area contributed by atoms with Crippen LogP contribution in [0, 0.1) is 21.8 Å². The maximum atomic E-state index is 13.5. The van der Waals surface area contributed by atoms with Crippen LogP contribution in [0.3, 0.4) is 0 Å². The summed E-state index contributed by atoms with van der Waals surface area (Å²) in [5, 5.41) is 13.7. The van der Waals surface area contributed by atoms with E-state index in [4.69, 9.17) is 17.3 Å². The molecule has 0 aliphatic heterocycles. The zero-order valence-electron chi connectivity index (χ0n) is 11.7. The van der Waals surface area contributed by atoms with Crippen molar-refractivity contribution in [1.82, 2.24) is 0 Å². The van der Waals surface area contributed by atoms with E-state index in [0.29, 0.717) is 12.3 Å². The summed E-state index contributed by atoms with van der Waals surface area (Å²) >= 11 is 5.59. The highest BCUT2D eigenvalue weighted by Crippen LogP contribution is 2.33. The van der Waals surface area contributed by atoms with Gasteiger partial charge in [-0.25, -0.2) is 4.39 Å². The molecule has 0 spiro atoms. The molecule has 0 fully saturated rings. The summed E-state index contributed by atoms with van der Waals surface area (Å²) in [6.07, 6.45) is 0.699. The third-order valence-electron chi connectivity index (χ3n) is 2.98. The number of nitrogens with one attached hydrogen (secondary N) is 1. The van der Waals surface area contributed by atoms with E-state index < -0.39 is 16.3 Å². The smallest absolute Gasteiger partial charge is 0.294 e. The van der Waals surface area contributed by atoms with E-state index in [1.807, 2.05) is 20.8 Å². The lowest BCUT2D eigenvalue weighted by Crippen LogP contribution is -2.43. The SMILES string of the molecule is CC(C)CC(C)(CN)Nc1cc(F)c(Cl)cc1[N+](=O)[O-]. The van der Waals surface area contributed by atoms with E-state index in [9.17, 15) is 14.5 Å². The molecular formula is C13H19ClFN3O2. The molecule has 1 rings (SSSR count). The van der Waals surface area contributed by atoms with Crippen molar-refractivity contribution < 1.29 is 9.31 Å². The fraction of sp³-hybridized carbons (Fsp3) is 0.538. The molecule has 1 atom stereocenters. The van der Waals surface area contributed by atoms with Crippen molar-refractivity contribution in [2.24, 2.45) is 11.7 Å². The number of hydrogen-bond acceptors (Lipinski definition) is 4. The molecule has 0 aromatic heterocycles. The number of anilines is 1. The molecule has 1 aromatic rings. The Hall–Kier alpha value is -1.40. The fourth-order valence-electron chi connectivity index (χ4n) is 2.20. The number of nitrogens with two attached hydrogens (primary N) is 1. The average Bonchev–Trinajstić information content (AvgIpc) is 2.32. The first-order valence-corrected chi connectivity index (χ1v) is 6.68. The summed E-state index contributed by atoms with van der Waals surface area (Å²) in [4.78, 5) is 10.4. The summed E-state index contributed by atoms with van der Waals surface area (Å²) in [5.41, 5.74) is 5.01. The molecule has 0 aliphatic carbocycles. The van der Waals surface area contributed by atoms with Gasteiger partial charge in [0.1, 0.15) is 11.5 Å². The number of benzene rings is 1. The molecule has 0 amide bonds. The molecule has 0 bridgehead atoms. The molecule has 5 nitrogen and oxygen atoms in total. The van der Waals surface area contributed by atoms with E-state index >= 15 is 0 Å². The zero-order chi connectivity index (χ0) is 15.5. The first-order valence-electron chi connectivity index (χ1n) is 6.30. The summed E-state index contributed by atoms with van der Waals surface area (Å²) in [5.74, 6) is -0.365. The maximum Gasteiger partial charge on any atom is 0.294 e. The van der Waals surface area contributed by atoms with Gasteiger partial charge in [0.15, 0.2) is 0 Å². The molecule has 0 radical (unpaired) electrons. The van der Waals surface area contributed by atoms with Gasteiger partial charge in [-0.3, -0.25) is 10.1 Å². The topological polar surface area (TPSA) is 81.2 Å². The highest BCUT2D eigenvalue weighted by Gasteiger charge is 2.28. The van der Waals surface area contributed by atoms with Crippen LogP contribution in [-0.4, -0.2) is 17.0 Å². The van der Waals surface area contributed by atoms with Gasteiger partial charge in [-0.2, -0.15) is 0 Å². The van der Waals surface area contributed by atoms with Crippen molar-refractivity contribution in [3.63, 3.8) is 0 Å². The van der Waals surface area contributed by atoms with Gasteiger partial charge in [0, 0.05) is 24.2 Å². The van der Waals surface area contributed by atoms with Crippen LogP contribution in [0.25, 0.3) is 0 Å². The quantitative estimate of drug-likeness (QED) is 0.622. The number of nitrogens with zero attached hydrogens (tertiary/aromatic N) is 1. The maximum absolute atomic E-state index is 13.5. The summed E-state index contributed by atoms with van der Waals surface area (Å²) in [6.45, 7) is 6.16. The molecular weight excluding hydrogens is 285 g/mol. The van der Waals surface area contributed by atoms with Crippen LogP contribution in [-0.2, 0) is 0 Å². The normalized spacial score (nSPS) is 14.2. The Balaban J connectivity index is 3.18. The van der Waals surface area contributed by atoms with E-state index in [-0.39, 0.29) is 22.9 Å². The van der Waals surface area contributed by atoms with Crippen molar-refractivity contribution in [3.8, 4) is 0 Å². The second kappa shape index (κ2) is 6.37. The first-order chi connectivity index (χ1) is 9.18. The van der Waals surface area contributed by atoms with Gasteiger partial charge < -0.3 is 11.1 Å². The highest BCUT2D eigenvalue weighted by atomic mass is 35.5. The first kappa shape index (κ1) is 16.7. The Morgan fingerprint density at radius 1 is 1.55 bits per heavy atom. The predicted octanol–water partition coefficient (Wildman–Crippen LogP) is 3.56. The van der Waals surface area contributed by atoms with Crippen LogP contribution < -0.4 is 11.1 Å². The largest absolute Gasteiger partial charge is 0.373 e. The standard InChI is InChI=1S/C13H19ClFN3O2/c1-8(2)6-13(3,7-16)17-11-5-10(15)9(14)4-12(11)18(19)20/h4-5,8,17H,6-7,16H2,1-3H3. The Bertz CT molecular complexity index is 511. The van der Waals surface area contributed by atoms with Crippen molar-refractivity contribution in [2.45, 2.75) is 32.7 Å². The minimum atomic E-state index is -0.705. The molecule has 1 unspecified atom stereocenters. The Kier molecular flexibility index (Phi) is 5.30. The Labute approximate surface area is 122 Å². The zero-order valence-corrected chi connectivity index (χ0v) is 12.5. The van der Waals surface area contributed by atoms with E-state index in [0.717, 1.165) is 12.1 Å². The van der Waals surface area contributed by atoms with Gasteiger partial charge in [0.25, 0.3) is 5.69 Å². The van der Waals surface area contributed by atoms with Crippen molar-refractivity contribution in [2.75, 3.05) is 11.9 Å². The van der Waals surface area contributed by atoms with Crippen molar-refractivity contribution in [1.29, 1.82) is 0 Å². The minimum Gasteiger partial charge on any atom is -0.373 e. The lowest BCUT2D eigenvalue weighted by Gasteiger charge is -2.32. The lowest BCUT2D eigenvalue weighted by molar-refractivity contribution is -0.384. The molecule has 112 valence electrons. The molecule has 0 heterocycles. The number of nitro benzene ring substituents is 1. The van der Waals surface area contributed by atoms with Crippen LogP contribution in [0.5, 0.6) is 0 Å². The molecule has 0 saturated heterocycles. The van der Waals surface area contributed by atoms with Crippen LogP contribution in [0.1, 0.15) is 27.2 Å². The van der Waals surface area contributed by atoms with Gasteiger partial charge in [-0.15, -0.1) is 0 Å². The van der Waals surface area contributed by atoms with Gasteiger partial charge in [0.2, 0.25) is 0 Å². The monoisotopic (exact) mass is 303 g/mol. The molecule has 1 aromatic carbocycles. The van der Waals surface area contributed by atoms with Crippen LogP contribution in [0.2, 0.25) is 5.02 Å². The van der Waals surface area contributed by atoms with E-state index in [2.05, 4.69) is 5.32 Å². The molecule has 20 heavy (non-hydrogen) atoms. The highest BCUT2D eigenvalue weighted by molar-refractivity contribution is 6.31. The lowest BCUT2D eigenvalue weighted by atomic mass is 9.90.